The van der Waals surface area contributed by atoms with E-state index >= 15 is 0 Å². The number of para-hydroxylation sites is 1. The Bertz CT molecular complexity index is 341. The molecule has 3 nitrogen and oxygen atoms in total. The van der Waals surface area contributed by atoms with E-state index in [0.29, 0.717) is 23.1 Å². The highest BCUT2D eigenvalue weighted by Crippen LogP contribution is 2.29. The molecule has 4 heteroatoms. The highest BCUT2D eigenvalue weighted by molar-refractivity contribution is 9.09. The van der Waals surface area contributed by atoms with Crippen LogP contribution >= 0.6 is 15.9 Å². The van der Waals surface area contributed by atoms with Crippen LogP contribution in [0.5, 0.6) is 5.75 Å². The molecule has 0 spiro atoms. The maximum atomic E-state index is 10.1. The maximum Gasteiger partial charge on any atom is 0.125 e. The third-order valence-corrected chi connectivity index (χ3v) is 2.83. The van der Waals surface area contributed by atoms with Gasteiger partial charge in [-0.05, 0) is 26.3 Å². The van der Waals surface area contributed by atoms with Gasteiger partial charge in [-0.3, -0.25) is 0 Å². The zero-order valence-corrected chi connectivity index (χ0v) is 11.7. The Labute approximate surface area is 111 Å². The molecular formula is C13H19BrO3. The lowest BCUT2D eigenvalue weighted by atomic mass is 10.0. The monoisotopic (exact) mass is 302 g/mol. The Morgan fingerprint density at radius 3 is 2.47 bits per heavy atom. The predicted octanol–water partition coefficient (Wildman–Crippen LogP) is 2.65. The number of ether oxygens (including phenoxy) is 1. The number of aliphatic hydroxyl groups is 2. The molecule has 2 N–H and O–H groups in total. The largest absolute Gasteiger partial charge is 0.491 e. The number of hydrogen-bond acceptors (Lipinski definition) is 3. The summed E-state index contributed by atoms with van der Waals surface area (Å²) in [6.07, 6.45) is -1.16. The number of alkyl halides is 1. The summed E-state index contributed by atoms with van der Waals surface area (Å²) >= 11 is 3.25. The molecule has 0 bridgehead atoms. The molecule has 0 heterocycles. The summed E-state index contributed by atoms with van der Waals surface area (Å²) in [4.78, 5) is 0. The third kappa shape index (κ3) is 4.30. The van der Waals surface area contributed by atoms with Gasteiger partial charge in [0.15, 0.2) is 0 Å². The van der Waals surface area contributed by atoms with E-state index in [1.165, 1.54) is 0 Å². The van der Waals surface area contributed by atoms with Crippen LogP contribution in [-0.4, -0.2) is 27.8 Å². The van der Waals surface area contributed by atoms with E-state index < -0.39 is 12.2 Å². The average molecular weight is 303 g/mol. The fourth-order valence-electron chi connectivity index (χ4n) is 1.56. The highest BCUT2D eigenvalue weighted by Gasteiger charge is 2.21. The van der Waals surface area contributed by atoms with Crippen molar-refractivity contribution < 1.29 is 14.9 Å². The van der Waals surface area contributed by atoms with Crippen LogP contribution in [0.25, 0.3) is 0 Å². The van der Waals surface area contributed by atoms with Crippen molar-refractivity contribution in [1.82, 2.24) is 0 Å². The van der Waals surface area contributed by atoms with Gasteiger partial charge in [-0.2, -0.15) is 0 Å². The van der Waals surface area contributed by atoms with E-state index in [2.05, 4.69) is 15.9 Å². The standard InChI is InChI=1S/C13H19BrO3/c1-9(2)17-12-6-4-3-5-10(12)13(16)11(15)7-8-14/h3-6,9,11,13,15-16H,7-8H2,1-2H3. The number of rotatable bonds is 6. The molecule has 0 aliphatic heterocycles. The summed E-state index contributed by atoms with van der Waals surface area (Å²) in [6.45, 7) is 3.86. The number of halogens is 1. The van der Waals surface area contributed by atoms with Crippen molar-refractivity contribution in [2.24, 2.45) is 0 Å². The van der Waals surface area contributed by atoms with Gasteiger partial charge in [-0.1, -0.05) is 34.1 Å². The molecule has 2 atom stereocenters. The second kappa shape index (κ2) is 6.99. The van der Waals surface area contributed by atoms with E-state index in [4.69, 9.17) is 4.74 Å². The van der Waals surface area contributed by atoms with Crippen LogP contribution in [0.2, 0.25) is 0 Å². The Hall–Kier alpha value is -0.580. The second-order valence-corrected chi connectivity index (χ2v) is 4.99. The summed E-state index contributed by atoms with van der Waals surface area (Å²) in [5, 5.41) is 20.5. The Kier molecular flexibility index (Phi) is 5.95. The molecule has 1 aromatic rings. The van der Waals surface area contributed by atoms with Gasteiger partial charge in [0.2, 0.25) is 0 Å². The van der Waals surface area contributed by atoms with Gasteiger partial charge in [-0.15, -0.1) is 0 Å². The first kappa shape index (κ1) is 14.5. The second-order valence-electron chi connectivity index (χ2n) is 4.19. The molecule has 0 saturated heterocycles. The molecule has 0 fully saturated rings. The fraction of sp³-hybridized carbons (Fsp3) is 0.538. The molecule has 0 aliphatic carbocycles. The van der Waals surface area contributed by atoms with Gasteiger partial charge in [0.25, 0.3) is 0 Å². The molecule has 0 aromatic heterocycles. The van der Waals surface area contributed by atoms with Crippen LogP contribution in [0.1, 0.15) is 31.9 Å². The molecule has 2 unspecified atom stereocenters. The molecule has 0 saturated carbocycles. The van der Waals surface area contributed by atoms with Crippen molar-refractivity contribution in [1.29, 1.82) is 0 Å². The van der Waals surface area contributed by atoms with E-state index in [9.17, 15) is 10.2 Å². The molecule has 1 aromatic carbocycles. The van der Waals surface area contributed by atoms with Gasteiger partial charge in [-0.25, -0.2) is 0 Å². The van der Waals surface area contributed by atoms with Crippen molar-refractivity contribution >= 4 is 15.9 Å². The van der Waals surface area contributed by atoms with Crippen LogP contribution in [0, 0.1) is 0 Å². The molecule has 0 amide bonds. The molecular weight excluding hydrogens is 284 g/mol. The quantitative estimate of drug-likeness (QED) is 0.794. The van der Waals surface area contributed by atoms with Crippen molar-refractivity contribution in [2.45, 2.75) is 38.6 Å². The minimum absolute atomic E-state index is 0.0386. The smallest absolute Gasteiger partial charge is 0.125 e. The fourth-order valence-corrected chi connectivity index (χ4v) is 2.03. The van der Waals surface area contributed by atoms with Crippen LogP contribution in [-0.2, 0) is 0 Å². The van der Waals surface area contributed by atoms with Crippen molar-refractivity contribution in [3.8, 4) is 5.75 Å². The van der Waals surface area contributed by atoms with Crippen LogP contribution < -0.4 is 4.74 Å². The van der Waals surface area contributed by atoms with Crippen molar-refractivity contribution in [3.05, 3.63) is 29.8 Å². The predicted molar refractivity (Wildman–Crippen MR) is 71.6 cm³/mol. The zero-order valence-electron chi connectivity index (χ0n) is 10.1. The van der Waals surface area contributed by atoms with E-state index in [-0.39, 0.29) is 6.10 Å². The Balaban J connectivity index is 2.88. The Morgan fingerprint density at radius 1 is 1.24 bits per heavy atom. The maximum absolute atomic E-state index is 10.1. The average Bonchev–Trinajstić information content (AvgIpc) is 2.28. The van der Waals surface area contributed by atoms with Crippen LogP contribution in [0.3, 0.4) is 0 Å². The zero-order chi connectivity index (χ0) is 12.8. The summed E-state index contributed by atoms with van der Waals surface area (Å²) in [5.41, 5.74) is 0.634. The lowest BCUT2D eigenvalue weighted by molar-refractivity contribution is 0.0151. The van der Waals surface area contributed by atoms with Gasteiger partial charge < -0.3 is 14.9 Å². The molecule has 0 radical (unpaired) electrons. The van der Waals surface area contributed by atoms with Crippen LogP contribution in [0.15, 0.2) is 24.3 Å². The summed E-state index contributed by atoms with van der Waals surface area (Å²) in [6, 6.07) is 7.26. The lowest BCUT2D eigenvalue weighted by Crippen LogP contribution is -2.20. The number of hydrogen-bond donors (Lipinski definition) is 2. The highest BCUT2D eigenvalue weighted by atomic mass is 79.9. The molecule has 1 rings (SSSR count). The minimum atomic E-state index is -0.914. The van der Waals surface area contributed by atoms with Crippen molar-refractivity contribution in [3.63, 3.8) is 0 Å². The lowest BCUT2D eigenvalue weighted by Gasteiger charge is -2.21. The summed E-state index contributed by atoms with van der Waals surface area (Å²) in [7, 11) is 0. The number of aliphatic hydroxyl groups excluding tert-OH is 2. The third-order valence-electron chi connectivity index (χ3n) is 2.37. The first-order chi connectivity index (χ1) is 8.06. The minimum Gasteiger partial charge on any atom is -0.491 e. The van der Waals surface area contributed by atoms with Crippen molar-refractivity contribution in [2.75, 3.05) is 5.33 Å². The van der Waals surface area contributed by atoms with Gasteiger partial charge in [0, 0.05) is 10.9 Å². The molecule has 0 aliphatic rings. The first-order valence-corrected chi connectivity index (χ1v) is 6.86. The van der Waals surface area contributed by atoms with Gasteiger partial charge >= 0.3 is 0 Å². The normalized spacial score (nSPS) is 14.7. The summed E-state index contributed by atoms with van der Waals surface area (Å²) in [5.74, 6) is 0.628. The Morgan fingerprint density at radius 2 is 1.88 bits per heavy atom. The van der Waals surface area contributed by atoms with Crippen LogP contribution in [0.4, 0.5) is 0 Å². The van der Waals surface area contributed by atoms with E-state index in [1.807, 2.05) is 26.0 Å². The van der Waals surface area contributed by atoms with Gasteiger partial charge in [0.05, 0.1) is 12.2 Å². The van der Waals surface area contributed by atoms with E-state index in [1.54, 1.807) is 12.1 Å². The topological polar surface area (TPSA) is 49.7 Å². The SMILES string of the molecule is CC(C)Oc1ccccc1C(O)C(O)CCBr. The van der Waals surface area contributed by atoms with Gasteiger partial charge in [0.1, 0.15) is 11.9 Å². The first-order valence-electron chi connectivity index (χ1n) is 5.74. The summed E-state index contributed by atoms with van der Waals surface area (Å²) < 4.78 is 5.61. The number of benzene rings is 1. The molecule has 96 valence electrons. The van der Waals surface area contributed by atoms with E-state index in [0.717, 1.165) is 0 Å². The molecule has 17 heavy (non-hydrogen) atoms.